The monoisotopic (exact) mass is 293 g/mol. The summed E-state index contributed by atoms with van der Waals surface area (Å²) < 4.78 is 11.3. The average Bonchev–Trinajstić information content (AvgIpc) is 2.54. The zero-order valence-corrected chi connectivity index (χ0v) is 13.8. The van der Waals surface area contributed by atoms with Gasteiger partial charge in [-0.3, -0.25) is 0 Å². The molecular weight excluding hydrogens is 262 g/mol. The molecule has 120 valence electrons. The number of allylic oxidation sites excluding steroid dienone is 1. The van der Waals surface area contributed by atoms with Crippen LogP contribution in [0.1, 0.15) is 39.0 Å². The van der Waals surface area contributed by atoms with Crippen molar-refractivity contribution in [3.8, 4) is 0 Å². The molecule has 4 atom stereocenters. The molecular formula is C18H31NO2. The van der Waals surface area contributed by atoms with Gasteiger partial charge in [-0.25, -0.2) is 0 Å². The highest BCUT2D eigenvalue weighted by molar-refractivity contribution is 5.04. The Labute approximate surface area is 129 Å². The van der Waals surface area contributed by atoms with Crippen molar-refractivity contribution in [3.05, 3.63) is 24.8 Å². The number of methoxy groups -OCH3 is 2. The van der Waals surface area contributed by atoms with Crippen LogP contribution >= 0.6 is 0 Å². The summed E-state index contributed by atoms with van der Waals surface area (Å²) in [6.07, 6.45) is 13.3. The van der Waals surface area contributed by atoms with E-state index in [1.807, 2.05) is 20.3 Å². The molecule has 0 aromatic carbocycles. The molecule has 0 bridgehead atoms. The summed E-state index contributed by atoms with van der Waals surface area (Å²) in [5.74, 6) is 1.03. The lowest BCUT2D eigenvalue weighted by Crippen LogP contribution is -2.41. The lowest BCUT2D eigenvalue weighted by atomic mass is 9.78. The lowest BCUT2D eigenvalue weighted by molar-refractivity contribution is -0.0670. The Bertz CT molecular complexity index is 341. The van der Waals surface area contributed by atoms with Crippen LogP contribution in [0.2, 0.25) is 0 Å². The highest BCUT2D eigenvalue weighted by Gasteiger charge is 2.34. The summed E-state index contributed by atoms with van der Waals surface area (Å²) >= 11 is 0. The summed E-state index contributed by atoms with van der Waals surface area (Å²) in [6.45, 7) is 6.14. The minimum Gasteiger partial charge on any atom is -0.381 e. The van der Waals surface area contributed by atoms with Gasteiger partial charge in [-0.05, 0) is 38.0 Å². The van der Waals surface area contributed by atoms with Gasteiger partial charge in [-0.15, -0.1) is 6.58 Å². The zero-order valence-electron chi connectivity index (χ0n) is 13.8. The third kappa shape index (κ3) is 4.41. The molecule has 4 unspecified atom stereocenters. The summed E-state index contributed by atoms with van der Waals surface area (Å²) in [7, 11) is 3.63. The lowest BCUT2D eigenvalue weighted by Gasteiger charge is -2.38. The molecule has 0 amide bonds. The van der Waals surface area contributed by atoms with Crippen molar-refractivity contribution in [3.63, 3.8) is 0 Å². The molecule has 1 N–H and O–H groups in total. The van der Waals surface area contributed by atoms with E-state index in [9.17, 15) is 0 Å². The molecule has 0 aromatic rings. The van der Waals surface area contributed by atoms with Crippen molar-refractivity contribution in [2.75, 3.05) is 14.2 Å². The Kier molecular flexibility index (Phi) is 6.46. The maximum Gasteiger partial charge on any atom is 0.0627 e. The van der Waals surface area contributed by atoms with Crippen LogP contribution in [-0.2, 0) is 9.47 Å². The molecule has 2 fully saturated rings. The predicted octanol–water partition coefficient (Wildman–Crippen LogP) is 3.32. The van der Waals surface area contributed by atoms with E-state index in [1.54, 1.807) is 0 Å². The highest BCUT2D eigenvalue weighted by Crippen LogP contribution is 2.33. The molecule has 3 heteroatoms. The molecule has 1 saturated heterocycles. The number of ether oxygens (including phenoxy) is 2. The van der Waals surface area contributed by atoms with Gasteiger partial charge in [0.25, 0.3) is 0 Å². The third-order valence-electron chi connectivity index (χ3n) is 5.21. The first-order valence-corrected chi connectivity index (χ1v) is 8.30. The molecule has 0 spiro atoms. The second-order valence-corrected chi connectivity index (χ2v) is 6.57. The molecule has 1 saturated carbocycles. The van der Waals surface area contributed by atoms with Crippen LogP contribution in [0.25, 0.3) is 0 Å². The van der Waals surface area contributed by atoms with Crippen LogP contribution < -0.4 is 5.32 Å². The maximum atomic E-state index is 5.65. The van der Waals surface area contributed by atoms with Crippen molar-refractivity contribution in [2.45, 2.75) is 63.3 Å². The Morgan fingerprint density at radius 1 is 1.00 bits per heavy atom. The summed E-state index contributed by atoms with van der Waals surface area (Å²) in [5.41, 5.74) is 0. The van der Waals surface area contributed by atoms with Crippen molar-refractivity contribution in [1.82, 2.24) is 5.32 Å². The average molecular weight is 293 g/mol. The summed E-state index contributed by atoms with van der Waals surface area (Å²) in [4.78, 5) is 0. The van der Waals surface area contributed by atoms with Crippen molar-refractivity contribution >= 4 is 0 Å². The maximum absolute atomic E-state index is 5.65. The first-order valence-electron chi connectivity index (χ1n) is 8.30. The quantitative estimate of drug-likeness (QED) is 0.789. The Morgan fingerprint density at radius 2 is 1.62 bits per heavy atom. The van der Waals surface area contributed by atoms with Gasteiger partial charge in [-0.1, -0.05) is 25.2 Å². The second-order valence-electron chi connectivity index (χ2n) is 6.57. The fourth-order valence-electron chi connectivity index (χ4n) is 3.77. The minimum absolute atomic E-state index is 0.304. The van der Waals surface area contributed by atoms with Crippen LogP contribution in [0, 0.1) is 11.8 Å². The number of piperidine rings is 1. The first kappa shape index (κ1) is 16.7. The van der Waals surface area contributed by atoms with E-state index in [0.717, 1.165) is 12.8 Å². The SMILES string of the molecule is C=CC1CCCC(/C=C/C2CC(OC)C(C)C(OC)C2)N1. The Hall–Kier alpha value is -0.640. The normalized spacial score (nSPS) is 41.3. The van der Waals surface area contributed by atoms with E-state index < -0.39 is 0 Å². The van der Waals surface area contributed by atoms with Gasteiger partial charge >= 0.3 is 0 Å². The molecule has 1 aliphatic heterocycles. The standard InChI is InChI=1S/C18H31NO2/c1-5-15-7-6-8-16(19-15)10-9-14-11-17(20-3)13(2)18(12-14)21-4/h5,9-10,13-19H,1,6-8,11-12H2,2-4H3/b10-9+. The van der Waals surface area contributed by atoms with Gasteiger partial charge < -0.3 is 14.8 Å². The molecule has 0 aromatic heterocycles. The molecule has 1 aliphatic carbocycles. The van der Waals surface area contributed by atoms with Gasteiger partial charge in [0, 0.05) is 32.2 Å². The number of nitrogens with one attached hydrogen (secondary N) is 1. The zero-order chi connectivity index (χ0) is 15.2. The van der Waals surface area contributed by atoms with Gasteiger partial charge in [0.05, 0.1) is 12.2 Å². The molecule has 2 rings (SSSR count). The molecule has 0 radical (unpaired) electrons. The van der Waals surface area contributed by atoms with Gasteiger partial charge in [0.15, 0.2) is 0 Å². The van der Waals surface area contributed by atoms with Gasteiger partial charge in [0.1, 0.15) is 0 Å². The van der Waals surface area contributed by atoms with E-state index in [2.05, 4.69) is 31.0 Å². The van der Waals surface area contributed by atoms with Crippen LogP contribution in [0.5, 0.6) is 0 Å². The molecule has 21 heavy (non-hydrogen) atoms. The smallest absolute Gasteiger partial charge is 0.0627 e. The third-order valence-corrected chi connectivity index (χ3v) is 5.21. The van der Waals surface area contributed by atoms with Crippen LogP contribution in [-0.4, -0.2) is 38.5 Å². The summed E-state index contributed by atoms with van der Waals surface area (Å²) in [6, 6.07) is 0.960. The van der Waals surface area contributed by atoms with Crippen LogP contribution in [0.3, 0.4) is 0 Å². The van der Waals surface area contributed by atoms with Crippen molar-refractivity contribution in [1.29, 1.82) is 0 Å². The largest absolute Gasteiger partial charge is 0.381 e. The van der Waals surface area contributed by atoms with E-state index >= 15 is 0 Å². The fraction of sp³-hybridized carbons (Fsp3) is 0.778. The fourth-order valence-corrected chi connectivity index (χ4v) is 3.77. The van der Waals surface area contributed by atoms with E-state index in [-0.39, 0.29) is 0 Å². The number of hydrogen-bond donors (Lipinski definition) is 1. The van der Waals surface area contributed by atoms with Crippen LogP contribution in [0.15, 0.2) is 24.8 Å². The van der Waals surface area contributed by atoms with Gasteiger partial charge in [0.2, 0.25) is 0 Å². The van der Waals surface area contributed by atoms with E-state index in [1.165, 1.54) is 19.3 Å². The minimum atomic E-state index is 0.304. The van der Waals surface area contributed by atoms with E-state index in [0.29, 0.717) is 36.1 Å². The van der Waals surface area contributed by atoms with E-state index in [4.69, 9.17) is 9.47 Å². The molecule has 2 aliphatic rings. The number of rotatable bonds is 5. The predicted molar refractivity (Wildman–Crippen MR) is 87.4 cm³/mol. The summed E-state index contributed by atoms with van der Waals surface area (Å²) in [5, 5.41) is 3.63. The Balaban J connectivity index is 1.91. The first-order chi connectivity index (χ1) is 10.2. The topological polar surface area (TPSA) is 30.5 Å². The molecule has 3 nitrogen and oxygen atoms in total. The number of hydrogen-bond acceptors (Lipinski definition) is 3. The molecule has 1 heterocycles. The Morgan fingerprint density at radius 3 is 2.19 bits per heavy atom. The van der Waals surface area contributed by atoms with Crippen LogP contribution in [0.4, 0.5) is 0 Å². The van der Waals surface area contributed by atoms with Crippen molar-refractivity contribution in [2.24, 2.45) is 11.8 Å². The van der Waals surface area contributed by atoms with Crippen molar-refractivity contribution < 1.29 is 9.47 Å². The van der Waals surface area contributed by atoms with Gasteiger partial charge in [-0.2, -0.15) is 0 Å². The highest BCUT2D eigenvalue weighted by atomic mass is 16.5. The second kappa shape index (κ2) is 8.11.